The topological polar surface area (TPSA) is 134 Å². The van der Waals surface area contributed by atoms with E-state index in [2.05, 4.69) is 10.6 Å². The Morgan fingerprint density at radius 3 is 2.46 bits per heavy atom. The molecule has 0 aliphatic rings. The van der Waals surface area contributed by atoms with Gasteiger partial charge < -0.3 is 15.4 Å². The molecule has 0 saturated carbocycles. The molecule has 2 aromatic rings. The summed E-state index contributed by atoms with van der Waals surface area (Å²) in [5, 5.41) is 19.5. The molecular weight excluding hydrogens is 356 g/mol. The van der Waals surface area contributed by atoms with Crippen LogP contribution in [0.4, 0.5) is 11.4 Å². The van der Waals surface area contributed by atoms with Crippen LogP contribution >= 0.6 is 0 Å². The van der Waals surface area contributed by atoms with Crippen LogP contribution in [0.15, 0.2) is 65.2 Å². The number of amides is 1. The highest BCUT2D eigenvalue weighted by Gasteiger charge is 2.11. The van der Waals surface area contributed by atoms with E-state index in [1.54, 1.807) is 30.3 Å². The molecule has 0 heterocycles. The minimum absolute atomic E-state index is 0.0776. The van der Waals surface area contributed by atoms with Gasteiger partial charge in [0, 0.05) is 23.6 Å². The first kappa shape index (κ1) is 19.0. The van der Waals surface area contributed by atoms with Crippen LogP contribution in [-0.4, -0.2) is 21.4 Å². The van der Waals surface area contributed by atoms with Crippen molar-refractivity contribution in [2.75, 3.05) is 17.7 Å². The summed E-state index contributed by atoms with van der Waals surface area (Å²) in [4.78, 5) is 12.1. The highest BCUT2D eigenvalue weighted by Crippen LogP contribution is 2.17. The van der Waals surface area contributed by atoms with Crippen LogP contribution < -0.4 is 20.5 Å². The largest absolute Gasteiger partial charge is 0.497 e. The number of methoxy groups -OCH3 is 1. The first-order valence-corrected chi connectivity index (χ1v) is 8.83. The molecule has 0 bridgehead atoms. The number of hydrogen-bond donors (Lipinski definition) is 3. The standard InChI is InChI=1S/C17H16N4O4S/c1-25-15-4-2-3-14(9-15)20-11-12(10-18)17(22)21-13-5-7-16(8-6-13)26(19,23)24/h2-9,11,20H,1H3,(H,21,22)(H2,19,23,24)/b12-11-. The lowest BCUT2D eigenvalue weighted by Gasteiger charge is -2.07. The van der Waals surface area contributed by atoms with Crippen LogP contribution in [0.25, 0.3) is 0 Å². The predicted molar refractivity (Wildman–Crippen MR) is 96.8 cm³/mol. The molecule has 0 spiro atoms. The molecule has 26 heavy (non-hydrogen) atoms. The maximum Gasteiger partial charge on any atom is 0.267 e. The number of carbonyl (C=O) groups excluding carboxylic acids is 1. The Bertz CT molecular complexity index is 977. The summed E-state index contributed by atoms with van der Waals surface area (Å²) in [6.45, 7) is 0. The Kier molecular flexibility index (Phi) is 5.95. The summed E-state index contributed by atoms with van der Waals surface area (Å²) >= 11 is 0. The molecule has 134 valence electrons. The fourth-order valence-electron chi connectivity index (χ4n) is 1.94. The molecule has 0 aliphatic heterocycles. The van der Waals surface area contributed by atoms with Crippen molar-refractivity contribution in [1.29, 1.82) is 5.26 Å². The first-order valence-electron chi connectivity index (χ1n) is 7.28. The van der Waals surface area contributed by atoms with E-state index < -0.39 is 15.9 Å². The Labute approximate surface area is 150 Å². The molecule has 1 amide bonds. The molecule has 8 nitrogen and oxygen atoms in total. The number of ether oxygens (including phenoxy) is 1. The van der Waals surface area contributed by atoms with E-state index in [0.29, 0.717) is 17.1 Å². The summed E-state index contributed by atoms with van der Waals surface area (Å²) in [7, 11) is -2.28. The van der Waals surface area contributed by atoms with Gasteiger partial charge in [-0.1, -0.05) is 6.07 Å². The smallest absolute Gasteiger partial charge is 0.267 e. The third-order valence-corrected chi connectivity index (χ3v) is 4.19. The van der Waals surface area contributed by atoms with Crippen molar-refractivity contribution in [2.24, 2.45) is 5.14 Å². The van der Waals surface area contributed by atoms with E-state index in [0.717, 1.165) is 0 Å². The highest BCUT2D eigenvalue weighted by molar-refractivity contribution is 7.89. The molecular formula is C17H16N4O4S. The van der Waals surface area contributed by atoms with Gasteiger partial charge in [-0.2, -0.15) is 5.26 Å². The molecule has 0 aromatic heterocycles. The van der Waals surface area contributed by atoms with Crippen molar-refractivity contribution in [3.05, 3.63) is 60.3 Å². The van der Waals surface area contributed by atoms with Crippen LogP contribution in [0.5, 0.6) is 5.75 Å². The zero-order valence-corrected chi connectivity index (χ0v) is 14.6. The number of primary sulfonamides is 1. The van der Waals surface area contributed by atoms with E-state index in [1.165, 1.54) is 37.6 Å². The predicted octanol–water partition coefficient (Wildman–Crippen LogP) is 1.80. The van der Waals surface area contributed by atoms with Gasteiger partial charge in [-0.3, -0.25) is 4.79 Å². The van der Waals surface area contributed by atoms with E-state index in [9.17, 15) is 13.2 Å². The minimum atomic E-state index is -3.81. The maximum absolute atomic E-state index is 12.2. The fraction of sp³-hybridized carbons (Fsp3) is 0.0588. The fourth-order valence-corrected chi connectivity index (χ4v) is 2.46. The Balaban J connectivity index is 2.09. The molecule has 0 fully saturated rings. The third-order valence-electron chi connectivity index (χ3n) is 3.26. The SMILES string of the molecule is COc1cccc(N/C=C(/C#N)C(=O)Nc2ccc(S(N)(=O)=O)cc2)c1. The lowest BCUT2D eigenvalue weighted by Crippen LogP contribution is -2.15. The Morgan fingerprint density at radius 2 is 1.88 bits per heavy atom. The van der Waals surface area contributed by atoms with E-state index in [-0.39, 0.29) is 10.5 Å². The number of nitriles is 1. The number of carbonyl (C=O) groups is 1. The van der Waals surface area contributed by atoms with Crippen LogP contribution in [-0.2, 0) is 14.8 Å². The second-order valence-electron chi connectivity index (χ2n) is 5.07. The first-order chi connectivity index (χ1) is 12.3. The maximum atomic E-state index is 12.2. The monoisotopic (exact) mass is 372 g/mol. The van der Waals surface area contributed by atoms with Gasteiger partial charge >= 0.3 is 0 Å². The number of nitrogens with one attached hydrogen (secondary N) is 2. The van der Waals surface area contributed by atoms with Crippen molar-refractivity contribution >= 4 is 27.3 Å². The molecule has 4 N–H and O–H groups in total. The van der Waals surface area contributed by atoms with Crippen molar-refractivity contribution in [1.82, 2.24) is 0 Å². The average Bonchev–Trinajstić information content (AvgIpc) is 2.62. The van der Waals surface area contributed by atoms with Gasteiger partial charge in [0.1, 0.15) is 17.4 Å². The van der Waals surface area contributed by atoms with Gasteiger partial charge in [-0.25, -0.2) is 13.6 Å². The van der Waals surface area contributed by atoms with Gasteiger partial charge in [0.25, 0.3) is 5.91 Å². The number of nitrogens with zero attached hydrogens (tertiary/aromatic N) is 1. The molecule has 0 saturated heterocycles. The molecule has 0 radical (unpaired) electrons. The molecule has 0 atom stereocenters. The number of benzene rings is 2. The zero-order valence-electron chi connectivity index (χ0n) is 13.8. The summed E-state index contributed by atoms with van der Waals surface area (Å²) in [6, 6.07) is 14.0. The number of rotatable bonds is 6. The Morgan fingerprint density at radius 1 is 1.19 bits per heavy atom. The van der Waals surface area contributed by atoms with E-state index in [4.69, 9.17) is 15.1 Å². The van der Waals surface area contributed by atoms with Crippen molar-refractivity contribution in [3.8, 4) is 11.8 Å². The van der Waals surface area contributed by atoms with Crippen molar-refractivity contribution < 1.29 is 17.9 Å². The zero-order chi connectivity index (χ0) is 19.2. The Hall–Kier alpha value is -3.35. The lowest BCUT2D eigenvalue weighted by molar-refractivity contribution is -0.112. The van der Waals surface area contributed by atoms with Gasteiger partial charge in [-0.05, 0) is 36.4 Å². The van der Waals surface area contributed by atoms with Gasteiger partial charge in [-0.15, -0.1) is 0 Å². The normalized spacial score (nSPS) is 11.3. The number of anilines is 2. The highest BCUT2D eigenvalue weighted by atomic mass is 32.2. The van der Waals surface area contributed by atoms with Gasteiger partial charge in [0.2, 0.25) is 10.0 Å². The summed E-state index contributed by atoms with van der Waals surface area (Å²) in [6.07, 6.45) is 1.27. The second-order valence-corrected chi connectivity index (χ2v) is 6.63. The average molecular weight is 372 g/mol. The van der Waals surface area contributed by atoms with Crippen LogP contribution in [0.2, 0.25) is 0 Å². The van der Waals surface area contributed by atoms with E-state index in [1.807, 2.05) is 0 Å². The van der Waals surface area contributed by atoms with Crippen LogP contribution in [0, 0.1) is 11.3 Å². The van der Waals surface area contributed by atoms with Crippen molar-refractivity contribution in [3.63, 3.8) is 0 Å². The number of nitrogens with two attached hydrogens (primary N) is 1. The van der Waals surface area contributed by atoms with E-state index >= 15 is 0 Å². The quantitative estimate of drug-likeness (QED) is 0.523. The number of hydrogen-bond acceptors (Lipinski definition) is 6. The molecule has 2 aromatic carbocycles. The summed E-state index contributed by atoms with van der Waals surface area (Å²) in [5.41, 5.74) is 0.802. The van der Waals surface area contributed by atoms with Crippen molar-refractivity contribution in [2.45, 2.75) is 4.90 Å². The lowest BCUT2D eigenvalue weighted by atomic mass is 10.2. The summed E-state index contributed by atoms with van der Waals surface area (Å²) < 4.78 is 27.5. The summed E-state index contributed by atoms with van der Waals surface area (Å²) in [5.74, 6) is -0.0208. The molecule has 9 heteroatoms. The van der Waals surface area contributed by atoms with Gasteiger partial charge in [0.15, 0.2) is 0 Å². The minimum Gasteiger partial charge on any atom is -0.497 e. The molecule has 0 unspecified atom stereocenters. The van der Waals surface area contributed by atoms with Gasteiger partial charge in [0.05, 0.1) is 12.0 Å². The van der Waals surface area contributed by atoms with Crippen LogP contribution in [0.3, 0.4) is 0 Å². The second kappa shape index (κ2) is 8.15. The number of sulfonamides is 1. The molecule has 2 rings (SSSR count). The molecule has 0 aliphatic carbocycles. The van der Waals surface area contributed by atoms with Crippen LogP contribution in [0.1, 0.15) is 0 Å². The third kappa shape index (κ3) is 5.07.